The molecule has 7 nitrogen and oxygen atoms in total. The van der Waals surface area contributed by atoms with Crippen LogP contribution in [0.2, 0.25) is 10.0 Å². The normalized spacial score (nSPS) is 10.7. The minimum Gasteiger partial charge on any atom is -0.326 e. The first kappa shape index (κ1) is 22.1. The zero-order chi connectivity index (χ0) is 21.7. The zero-order valence-electron chi connectivity index (χ0n) is 16.3. The van der Waals surface area contributed by atoms with Gasteiger partial charge < -0.3 is 15.2 Å². The number of hydrogen-bond acceptors (Lipinski definition) is 5. The third kappa shape index (κ3) is 5.53. The summed E-state index contributed by atoms with van der Waals surface area (Å²) >= 11 is 13.3. The van der Waals surface area contributed by atoms with E-state index in [2.05, 4.69) is 20.8 Å². The lowest BCUT2D eigenvalue weighted by atomic mass is 10.2. The molecule has 1 aromatic heterocycles. The predicted molar refractivity (Wildman–Crippen MR) is 121 cm³/mol. The molecule has 0 saturated carbocycles. The van der Waals surface area contributed by atoms with Gasteiger partial charge in [0.15, 0.2) is 11.0 Å². The molecule has 2 aromatic carbocycles. The lowest BCUT2D eigenvalue weighted by Gasteiger charge is -2.09. The van der Waals surface area contributed by atoms with Gasteiger partial charge in [-0.15, -0.1) is 10.2 Å². The molecule has 0 spiro atoms. The van der Waals surface area contributed by atoms with Crippen LogP contribution in [0.15, 0.2) is 47.6 Å². The topological polar surface area (TPSA) is 88.9 Å². The Morgan fingerprint density at radius 1 is 1.07 bits per heavy atom. The molecule has 1 heterocycles. The maximum absolute atomic E-state index is 12.3. The van der Waals surface area contributed by atoms with Gasteiger partial charge in [0.05, 0.1) is 16.5 Å². The van der Waals surface area contributed by atoms with Gasteiger partial charge in [-0.3, -0.25) is 9.59 Å². The van der Waals surface area contributed by atoms with Crippen LogP contribution >= 0.6 is 35.0 Å². The fraction of sp³-hybridized carbons (Fsp3) is 0.200. The van der Waals surface area contributed by atoms with Crippen molar-refractivity contribution in [3.05, 3.63) is 52.5 Å². The summed E-state index contributed by atoms with van der Waals surface area (Å²) in [6.45, 7) is 4.08. The van der Waals surface area contributed by atoms with Gasteiger partial charge in [0, 0.05) is 29.7 Å². The number of thioether (sulfide) groups is 1. The number of rotatable bonds is 7. The number of carbonyl (C=O) groups excluding carboxylic acids is 2. The van der Waals surface area contributed by atoms with Gasteiger partial charge in [0.2, 0.25) is 11.8 Å². The second kappa shape index (κ2) is 9.97. The quantitative estimate of drug-likeness (QED) is 0.483. The number of hydrogen-bond donors (Lipinski definition) is 2. The van der Waals surface area contributed by atoms with E-state index in [9.17, 15) is 9.59 Å². The molecule has 2 amide bonds. The lowest BCUT2D eigenvalue weighted by molar-refractivity contribution is -0.114. The molecule has 2 N–H and O–H groups in total. The number of aromatic nitrogens is 3. The average Bonchev–Trinajstić information content (AvgIpc) is 3.11. The van der Waals surface area contributed by atoms with Crippen molar-refractivity contribution in [3.8, 4) is 11.4 Å². The molecule has 0 aliphatic heterocycles. The molecule has 0 aliphatic carbocycles. The van der Waals surface area contributed by atoms with Crippen molar-refractivity contribution in [1.29, 1.82) is 0 Å². The summed E-state index contributed by atoms with van der Waals surface area (Å²) < 4.78 is 1.93. The molecule has 0 saturated heterocycles. The van der Waals surface area contributed by atoms with Gasteiger partial charge >= 0.3 is 0 Å². The van der Waals surface area contributed by atoms with Crippen LogP contribution in [0, 0.1) is 0 Å². The zero-order valence-corrected chi connectivity index (χ0v) is 18.6. The van der Waals surface area contributed by atoms with Crippen LogP contribution in [0.5, 0.6) is 0 Å². The maximum Gasteiger partial charge on any atom is 0.234 e. The highest BCUT2D eigenvalue weighted by Crippen LogP contribution is 2.27. The first-order valence-corrected chi connectivity index (χ1v) is 10.8. The number of nitrogens with one attached hydrogen (secondary N) is 2. The fourth-order valence-electron chi connectivity index (χ4n) is 2.71. The third-order valence-electron chi connectivity index (χ3n) is 4.03. The fourth-order valence-corrected chi connectivity index (χ4v) is 3.97. The highest BCUT2D eigenvalue weighted by molar-refractivity contribution is 7.99. The van der Waals surface area contributed by atoms with Crippen LogP contribution in [0.3, 0.4) is 0 Å². The van der Waals surface area contributed by atoms with Crippen molar-refractivity contribution in [2.45, 2.75) is 25.5 Å². The number of halogens is 2. The van der Waals surface area contributed by atoms with E-state index in [4.69, 9.17) is 23.2 Å². The number of nitrogens with zero attached hydrogens (tertiary/aromatic N) is 3. The molecule has 0 radical (unpaired) electrons. The summed E-state index contributed by atoms with van der Waals surface area (Å²) in [5, 5.41) is 15.5. The number of amides is 2. The Balaban J connectivity index is 1.68. The van der Waals surface area contributed by atoms with Gasteiger partial charge in [-0.2, -0.15) is 0 Å². The van der Waals surface area contributed by atoms with Crippen LogP contribution in [0.25, 0.3) is 11.4 Å². The Morgan fingerprint density at radius 2 is 1.80 bits per heavy atom. The van der Waals surface area contributed by atoms with E-state index in [0.717, 1.165) is 5.56 Å². The molecule has 156 valence electrons. The second-order valence-electron chi connectivity index (χ2n) is 6.27. The highest BCUT2D eigenvalue weighted by Gasteiger charge is 2.15. The lowest BCUT2D eigenvalue weighted by Crippen LogP contribution is -2.15. The minimum absolute atomic E-state index is 0.128. The van der Waals surface area contributed by atoms with Gasteiger partial charge in [-0.05, 0) is 49.4 Å². The van der Waals surface area contributed by atoms with Crippen LogP contribution in [-0.4, -0.2) is 32.3 Å². The van der Waals surface area contributed by atoms with Crippen molar-refractivity contribution >= 4 is 58.2 Å². The van der Waals surface area contributed by atoms with Gasteiger partial charge in [0.1, 0.15) is 0 Å². The van der Waals surface area contributed by atoms with E-state index in [1.807, 2.05) is 35.8 Å². The van der Waals surface area contributed by atoms with Gasteiger partial charge in [-0.25, -0.2) is 0 Å². The average molecular weight is 464 g/mol. The molecule has 0 unspecified atom stereocenters. The van der Waals surface area contributed by atoms with Gasteiger partial charge in [0.25, 0.3) is 0 Å². The summed E-state index contributed by atoms with van der Waals surface area (Å²) in [6, 6.07) is 12.2. The molecular weight excluding hydrogens is 445 g/mol. The highest BCUT2D eigenvalue weighted by atomic mass is 35.5. The van der Waals surface area contributed by atoms with Crippen molar-refractivity contribution in [3.63, 3.8) is 0 Å². The number of benzene rings is 2. The monoisotopic (exact) mass is 463 g/mol. The van der Waals surface area contributed by atoms with E-state index in [1.165, 1.54) is 18.7 Å². The SMILES string of the molecule is CCn1c(SCC(=O)Nc2ccc(Cl)cc2Cl)nnc1-c1ccc(NC(C)=O)cc1. The largest absolute Gasteiger partial charge is 0.326 e. The summed E-state index contributed by atoms with van der Waals surface area (Å²) in [7, 11) is 0. The van der Waals surface area contributed by atoms with Crippen LogP contribution in [-0.2, 0) is 16.1 Å². The molecule has 3 aromatic rings. The van der Waals surface area contributed by atoms with Crippen LogP contribution < -0.4 is 10.6 Å². The predicted octanol–water partition coefficient (Wildman–Crippen LogP) is 4.96. The van der Waals surface area contributed by atoms with E-state index in [0.29, 0.717) is 38.9 Å². The van der Waals surface area contributed by atoms with E-state index in [-0.39, 0.29) is 17.6 Å². The molecule has 0 fully saturated rings. The summed E-state index contributed by atoms with van der Waals surface area (Å²) in [6.07, 6.45) is 0. The molecule has 30 heavy (non-hydrogen) atoms. The molecular formula is C20H19Cl2N5O2S. The minimum atomic E-state index is -0.212. The standard InChI is InChI=1S/C20H19Cl2N5O2S/c1-3-27-19(13-4-7-15(8-5-13)23-12(2)28)25-26-20(27)30-11-18(29)24-17-9-6-14(21)10-16(17)22/h4-10H,3,11H2,1-2H3,(H,23,28)(H,24,29). The Kier molecular flexibility index (Phi) is 7.36. The summed E-state index contributed by atoms with van der Waals surface area (Å²) in [4.78, 5) is 23.5. The molecule has 0 bridgehead atoms. The smallest absolute Gasteiger partial charge is 0.234 e. The first-order valence-electron chi connectivity index (χ1n) is 9.06. The third-order valence-corrected chi connectivity index (χ3v) is 5.55. The first-order chi connectivity index (χ1) is 14.4. The summed E-state index contributed by atoms with van der Waals surface area (Å²) in [5.74, 6) is 0.501. The van der Waals surface area contributed by atoms with E-state index >= 15 is 0 Å². The Hall–Kier alpha value is -2.55. The van der Waals surface area contributed by atoms with Crippen molar-refractivity contribution in [1.82, 2.24) is 14.8 Å². The number of anilines is 2. The van der Waals surface area contributed by atoms with Gasteiger partial charge in [-0.1, -0.05) is 35.0 Å². The van der Waals surface area contributed by atoms with Crippen molar-refractivity contribution < 1.29 is 9.59 Å². The Labute approximate surface area is 188 Å². The summed E-state index contributed by atoms with van der Waals surface area (Å²) in [5.41, 5.74) is 2.08. The van der Waals surface area contributed by atoms with E-state index in [1.54, 1.807) is 18.2 Å². The Bertz CT molecular complexity index is 1070. The number of carbonyl (C=O) groups is 2. The van der Waals surface area contributed by atoms with Crippen LogP contribution in [0.4, 0.5) is 11.4 Å². The van der Waals surface area contributed by atoms with Crippen LogP contribution in [0.1, 0.15) is 13.8 Å². The molecule has 0 atom stereocenters. The second-order valence-corrected chi connectivity index (χ2v) is 8.06. The van der Waals surface area contributed by atoms with Crippen molar-refractivity contribution in [2.24, 2.45) is 0 Å². The van der Waals surface area contributed by atoms with Crippen molar-refractivity contribution in [2.75, 3.05) is 16.4 Å². The molecule has 10 heteroatoms. The maximum atomic E-state index is 12.3. The van der Waals surface area contributed by atoms with E-state index < -0.39 is 0 Å². The Morgan fingerprint density at radius 3 is 2.43 bits per heavy atom. The molecule has 3 rings (SSSR count). The molecule has 0 aliphatic rings.